The van der Waals surface area contributed by atoms with E-state index in [4.69, 9.17) is 4.74 Å². The fourth-order valence-electron chi connectivity index (χ4n) is 4.70. The van der Waals surface area contributed by atoms with Crippen molar-refractivity contribution in [2.75, 3.05) is 18.1 Å². The molecule has 2 heterocycles. The highest BCUT2D eigenvalue weighted by Gasteiger charge is 2.42. The smallest absolute Gasteiger partial charge is 0.177 e. The molecular formula is C22H31NO3S. The van der Waals surface area contributed by atoms with Crippen molar-refractivity contribution in [1.29, 1.82) is 0 Å². The molecule has 1 saturated heterocycles. The normalized spacial score (nSPS) is 33.3. The van der Waals surface area contributed by atoms with E-state index in [0.29, 0.717) is 25.0 Å². The molecule has 0 aromatic carbocycles. The van der Waals surface area contributed by atoms with E-state index in [1.54, 1.807) is 11.3 Å². The molecule has 5 heteroatoms. The minimum absolute atomic E-state index is 0.237. The van der Waals surface area contributed by atoms with Gasteiger partial charge in [0.15, 0.2) is 12.1 Å². The predicted molar refractivity (Wildman–Crippen MR) is 109 cm³/mol. The highest BCUT2D eigenvalue weighted by Crippen LogP contribution is 2.46. The van der Waals surface area contributed by atoms with Crippen LogP contribution in [0.15, 0.2) is 22.6 Å². The fraction of sp³-hybridized carbons (Fsp3) is 0.682. The van der Waals surface area contributed by atoms with Gasteiger partial charge in [0.1, 0.15) is 0 Å². The van der Waals surface area contributed by atoms with E-state index in [2.05, 4.69) is 23.3 Å². The predicted octanol–water partition coefficient (Wildman–Crippen LogP) is 4.78. The van der Waals surface area contributed by atoms with Crippen LogP contribution in [0.25, 0.3) is 0 Å². The van der Waals surface area contributed by atoms with Gasteiger partial charge in [-0.1, -0.05) is 26.7 Å². The van der Waals surface area contributed by atoms with Crippen LogP contribution in [0.2, 0.25) is 0 Å². The molecule has 0 radical (unpaired) electrons. The summed E-state index contributed by atoms with van der Waals surface area (Å²) < 4.78 is 5.35. The summed E-state index contributed by atoms with van der Waals surface area (Å²) in [7, 11) is 0. The molecule has 3 aliphatic rings. The Hall–Kier alpha value is -1.17. The van der Waals surface area contributed by atoms with E-state index in [1.165, 1.54) is 31.3 Å². The maximum atomic E-state index is 12.5. The average molecular weight is 390 g/mol. The van der Waals surface area contributed by atoms with Crippen LogP contribution in [-0.4, -0.2) is 36.4 Å². The lowest BCUT2D eigenvalue weighted by atomic mass is 9.82. The summed E-state index contributed by atoms with van der Waals surface area (Å²) in [4.78, 5) is 15.9. The lowest BCUT2D eigenvalue weighted by Crippen LogP contribution is -2.34. The van der Waals surface area contributed by atoms with Crippen molar-refractivity contribution in [3.8, 4) is 0 Å². The van der Waals surface area contributed by atoms with Gasteiger partial charge in [0.25, 0.3) is 0 Å². The standard InChI is InChI=1S/C22H31NO3S/c1-3-20(24)21-18(9-11-27-21)23(13-15-6-4-14(2)5-7-15)19-12-17(19)16-8-10-26-22(16)25/h9,11,14-15,19,22,25H,3-8,10,12-13H2,1-2H3. The Morgan fingerprint density at radius 1 is 1.30 bits per heavy atom. The number of aliphatic hydroxyl groups excluding tert-OH is 1. The van der Waals surface area contributed by atoms with Crippen molar-refractivity contribution in [3.05, 3.63) is 27.5 Å². The van der Waals surface area contributed by atoms with Crippen molar-refractivity contribution in [3.63, 3.8) is 0 Å². The first-order valence-corrected chi connectivity index (χ1v) is 11.3. The largest absolute Gasteiger partial charge is 0.364 e. The summed E-state index contributed by atoms with van der Waals surface area (Å²) in [6, 6.07) is 2.45. The number of Topliss-reactive ketones (excluding diaryl/α,β-unsaturated/α-hetero) is 1. The molecule has 0 amide bonds. The SMILES string of the molecule is CCC(=O)c1sccc1N(CC1CCC(C)CC1)C1CC1=C1CCOC1O. The molecule has 0 spiro atoms. The third-order valence-electron chi connectivity index (χ3n) is 6.51. The number of ether oxygens (including phenoxy) is 1. The van der Waals surface area contributed by atoms with Gasteiger partial charge in [0.2, 0.25) is 0 Å². The number of carbonyl (C=O) groups is 1. The highest BCUT2D eigenvalue weighted by molar-refractivity contribution is 7.12. The van der Waals surface area contributed by atoms with Crippen LogP contribution in [0.3, 0.4) is 0 Å². The van der Waals surface area contributed by atoms with Gasteiger partial charge in [-0.05, 0) is 60.1 Å². The molecule has 1 aromatic heterocycles. The molecule has 0 bridgehead atoms. The van der Waals surface area contributed by atoms with E-state index in [0.717, 1.165) is 41.4 Å². The molecule has 1 aliphatic heterocycles. The summed E-state index contributed by atoms with van der Waals surface area (Å²) in [5, 5.41) is 12.2. The number of thiophene rings is 1. The van der Waals surface area contributed by atoms with E-state index < -0.39 is 6.29 Å². The maximum Gasteiger partial charge on any atom is 0.177 e. The molecule has 2 unspecified atom stereocenters. The monoisotopic (exact) mass is 389 g/mol. The number of anilines is 1. The first-order valence-electron chi connectivity index (χ1n) is 10.5. The Balaban J connectivity index is 1.59. The number of carbonyl (C=O) groups excluding carboxylic acids is 1. The number of aliphatic hydroxyl groups is 1. The van der Waals surface area contributed by atoms with Gasteiger partial charge < -0.3 is 14.7 Å². The van der Waals surface area contributed by atoms with Crippen molar-refractivity contribution in [2.45, 2.75) is 71.1 Å². The minimum atomic E-state index is -0.721. The molecule has 2 saturated carbocycles. The van der Waals surface area contributed by atoms with E-state index in [9.17, 15) is 9.90 Å². The first-order chi connectivity index (χ1) is 13.1. The molecular weight excluding hydrogens is 358 g/mol. The van der Waals surface area contributed by atoms with Crippen LogP contribution >= 0.6 is 11.3 Å². The number of nitrogens with zero attached hydrogens (tertiary/aromatic N) is 1. The molecule has 4 nitrogen and oxygen atoms in total. The molecule has 27 heavy (non-hydrogen) atoms. The van der Waals surface area contributed by atoms with Crippen LogP contribution in [0.1, 0.15) is 68.5 Å². The molecule has 3 fully saturated rings. The lowest BCUT2D eigenvalue weighted by Gasteiger charge is -2.33. The second-order valence-electron chi connectivity index (χ2n) is 8.43. The zero-order valence-electron chi connectivity index (χ0n) is 16.4. The van der Waals surface area contributed by atoms with Gasteiger partial charge in [-0.3, -0.25) is 4.79 Å². The summed E-state index contributed by atoms with van der Waals surface area (Å²) in [5.74, 6) is 1.78. The number of ketones is 1. The Bertz CT molecular complexity index is 717. The number of hydrogen-bond donors (Lipinski definition) is 1. The summed E-state index contributed by atoms with van der Waals surface area (Å²) in [6.07, 6.45) is 6.85. The van der Waals surface area contributed by atoms with Gasteiger partial charge in [-0.25, -0.2) is 0 Å². The quantitative estimate of drug-likeness (QED) is 0.562. The molecule has 1 aromatic rings. The van der Waals surface area contributed by atoms with E-state index in [1.807, 2.05) is 6.92 Å². The van der Waals surface area contributed by atoms with Gasteiger partial charge in [-0.2, -0.15) is 0 Å². The average Bonchev–Trinajstić information content (AvgIpc) is 3.08. The second-order valence-corrected chi connectivity index (χ2v) is 9.35. The summed E-state index contributed by atoms with van der Waals surface area (Å²) in [5.41, 5.74) is 3.53. The van der Waals surface area contributed by atoms with Gasteiger partial charge in [-0.15, -0.1) is 11.3 Å². The van der Waals surface area contributed by atoms with Crippen molar-refractivity contribution < 1.29 is 14.6 Å². The summed E-state index contributed by atoms with van der Waals surface area (Å²) >= 11 is 1.57. The number of rotatable bonds is 6. The molecule has 148 valence electrons. The molecule has 1 N–H and O–H groups in total. The minimum Gasteiger partial charge on any atom is -0.364 e. The third kappa shape index (κ3) is 4.01. The maximum absolute atomic E-state index is 12.5. The second kappa shape index (κ2) is 8.06. The topological polar surface area (TPSA) is 49.8 Å². The Morgan fingerprint density at radius 2 is 2.07 bits per heavy atom. The highest BCUT2D eigenvalue weighted by atomic mass is 32.1. The van der Waals surface area contributed by atoms with Gasteiger partial charge in [0, 0.05) is 13.0 Å². The van der Waals surface area contributed by atoms with Crippen LogP contribution in [0, 0.1) is 11.8 Å². The van der Waals surface area contributed by atoms with Gasteiger partial charge in [0.05, 0.1) is 23.2 Å². The molecule has 2 atom stereocenters. The molecule has 4 rings (SSSR count). The van der Waals surface area contributed by atoms with Crippen LogP contribution in [0.4, 0.5) is 5.69 Å². The Kier molecular flexibility index (Phi) is 5.72. The number of hydrogen-bond acceptors (Lipinski definition) is 5. The van der Waals surface area contributed by atoms with E-state index in [-0.39, 0.29) is 5.78 Å². The Morgan fingerprint density at radius 3 is 2.74 bits per heavy atom. The van der Waals surface area contributed by atoms with Crippen molar-refractivity contribution >= 4 is 22.8 Å². The van der Waals surface area contributed by atoms with Crippen LogP contribution in [-0.2, 0) is 4.74 Å². The van der Waals surface area contributed by atoms with Crippen molar-refractivity contribution in [2.24, 2.45) is 11.8 Å². The first kappa shape index (κ1) is 19.2. The van der Waals surface area contributed by atoms with Crippen molar-refractivity contribution in [1.82, 2.24) is 0 Å². The zero-order valence-corrected chi connectivity index (χ0v) is 17.3. The Labute approximate surface area is 166 Å². The third-order valence-corrected chi connectivity index (χ3v) is 7.45. The summed E-state index contributed by atoms with van der Waals surface area (Å²) in [6.45, 7) is 5.93. The fourth-order valence-corrected chi connectivity index (χ4v) is 5.61. The zero-order chi connectivity index (χ0) is 19.0. The van der Waals surface area contributed by atoms with Crippen LogP contribution < -0.4 is 4.90 Å². The van der Waals surface area contributed by atoms with E-state index >= 15 is 0 Å². The van der Waals surface area contributed by atoms with Gasteiger partial charge >= 0.3 is 0 Å². The van der Waals surface area contributed by atoms with Crippen LogP contribution in [0.5, 0.6) is 0 Å². The molecule has 2 aliphatic carbocycles. The lowest BCUT2D eigenvalue weighted by molar-refractivity contribution is -0.0397.